The fourth-order valence-electron chi connectivity index (χ4n) is 1.89. The Morgan fingerprint density at radius 2 is 1.93 bits per heavy atom. The Morgan fingerprint density at radius 3 is 2.00 bits per heavy atom. The highest BCUT2D eigenvalue weighted by Gasteiger charge is 2.68. The number of nitrogens with two attached hydrogens (primary N) is 1. The molecule has 3 atom stereocenters. The molecule has 0 aliphatic heterocycles. The fourth-order valence-corrected chi connectivity index (χ4v) is 3.14. The van der Waals surface area contributed by atoms with Crippen LogP contribution in [0.1, 0.15) is 13.3 Å². The molecule has 4 N–H and O–H groups in total. The predicted molar refractivity (Wildman–Crippen MR) is 48.4 cm³/mol. The molecule has 0 saturated heterocycles. The summed E-state index contributed by atoms with van der Waals surface area (Å²) in [7, 11) is -4.79. The van der Waals surface area contributed by atoms with Gasteiger partial charge in [0.15, 0.2) is 5.25 Å². The number of carboxylic acids is 1. The predicted octanol–water partition coefficient (Wildman–Crippen LogP) is -1.16. The molecule has 1 rings (SSSR count). The van der Waals surface area contributed by atoms with Gasteiger partial charge in [-0.1, -0.05) is 6.92 Å². The van der Waals surface area contributed by atoms with E-state index in [1.165, 1.54) is 6.92 Å². The van der Waals surface area contributed by atoms with Crippen LogP contribution in [0.2, 0.25) is 0 Å². The van der Waals surface area contributed by atoms with Crippen molar-refractivity contribution in [3.63, 3.8) is 0 Å². The van der Waals surface area contributed by atoms with Gasteiger partial charge in [-0.25, -0.2) is 0 Å². The number of hydrogen-bond donors (Lipinski definition) is 3. The second-order valence-corrected chi connectivity index (χ2v) is 5.25. The third kappa shape index (κ3) is 1.70. The normalized spacial score (nSPS) is 32.0. The maximum atomic E-state index is 10.9. The quantitative estimate of drug-likeness (QED) is 0.528. The van der Waals surface area contributed by atoms with E-state index in [9.17, 15) is 18.0 Å². The summed E-state index contributed by atoms with van der Waals surface area (Å²) >= 11 is 0. The largest absolute Gasteiger partial charge is 0.481 e. The third-order valence-electron chi connectivity index (χ3n) is 2.79. The van der Waals surface area contributed by atoms with Gasteiger partial charge in [-0.2, -0.15) is 8.42 Å². The molecule has 0 aromatic rings. The van der Waals surface area contributed by atoms with Crippen molar-refractivity contribution in [1.29, 1.82) is 0 Å². The van der Waals surface area contributed by atoms with Crippen molar-refractivity contribution in [1.82, 2.24) is 0 Å². The van der Waals surface area contributed by atoms with Crippen LogP contribution in [0.25, 0.3) is 0 Å². The Balaban J connectivity index is 3.23. The first-order valence-corrected chi connectivity index (χ1v) is 5.63. The summed E-state index contributed by atoms with van der Waals surface area (Å²) in [5, 5.41) is 6.80. The number of amides is 1. The smallest absolute Gasteiger partial charge is 0.311 e. The molecule has 0 spiro atoms. The number of carboxylic acid groups (broad SMARTS) is 1. The van der Waals surface area contributed by atoms with Gasteiger partial charge in [0, 0.05) is 0 Å². The van der Waals surface area contributed by atoms with Crippen molar-refractivity contribution in [3.8, 4) is 0 Å². The van der Waals surface area contributed by atoms with Gasteiger partial charge in [-0.15, -0.1) is 0 Å². The lowest BCUT2D eigenvalue weighted by Crippen LogP contribution is -2.47. The summed E-state index contributed by atoms with van der Waals surface area (Å²) in [6, 6.07) is 0. The zero-order chi connectivity index (χ0) is 12.0. The van der Waals surface area contributed by atoms with Crippen LogP contribution in [0, 0.1) is 11.3 Å². The molecule has 7 nitrogen and oxygen atoms in total. The second kappa shape index (κ2) is 3.17. The van der Waals surface area contributed by atoms with E-state index in [-0.39, 0.29) is 6.42 Å². The Morgan fingerprint density at radius 1 is 1.53 bits per heavy atom. The maximum Gasteiger partial charge on any atom is 0.311 e. The summed E-state index contributed by atoms with van der Waals surface area (Å²) in [6.45, 7) is 1.48. The fraction of sp³-hybridized carbons (Fsp3) is 0.714. The van der Waals surface area contributed by atoms with Gasteiger partial charge in [0.05, 0.1) is 5.41 Å². The van der Waals surface area contributed by atoms with E-state index >= 15 is 0 Å². The Labute approximate surface area is 86.0 Å². The van der Waals surface area contributed by atoms with Crippen LogP contribution in [-0.4, -0.2) is 35.2 Å². The lowest BCUT2D eigenvalue weighted by molar-refractivity contribution is -0.145. The molecule has 86 valence electrons. The Hall–Kier alpha value is -1.15. The van der Waals surface area contributed by atoms with Crippen LogP contribution in [0.5, 0.6) is 0 Å². The second-order valence-electron chi connectivity index (χ2n) is 3.75. The Kier molecular flexibility index (Phi) is 2.52. The van der Waals surface area contributed by atoms with Crippen molar-refractivity contribution in [2.24, 2.45) is 17.1 Å². The molecule has 8 heteroatoms. The summed E-state index contributed by atoms with van der Waals surface area (Å²) in [5.41, 5.74) is 3.04. The van der Waals surface area contributed by atoms with Gasteiger partial charge < -0.3 is 10.8 Å². The van der Waals surface area contributed by atoms with E-state index in [1.54, 1.807) is 0 Å². The average Bonchev–Trinajstić information content (AvgIpc) is 2.58. The van der Waals surface area contributed by atoms with Gasteiger partial charge >= 0.3 is 5.97 Å². The number of rotatable bonds is 4. The van der Waals surface area contributed by atoms with Crippen LogP contribution in [-0.2, 0) is 19.7 Å². The van der Waals surface area contributed by atoms with Crippen molar-refractivity contribution in [2.45, 2.75) is 18.6 Å². The molecule has 1 fully saturated rings. The van der Waals surface area contributed by atoms with Gasteiger partial charge in [0.2, 0.25) is 5.91 Å². The molecule has 0 aromatic heterocycles. The van der Waals surface area contributed by atoms with E-state index < -0.39 is 38.6 Å². The van der Waals surface area contributed by atoms with Crippen molar-refractivity contribution in [3.05, 3.63) is 0 Å². The molecule has 0 aromatic carbocycles. The molecule has 3 unspecified atom stereocenters. The van der Waals surface area contributed by atoms with Crippen LogP contribution < -0.4 is 5.73 Å². The van der Waals surface area contributed by atoms with E-state index in [2.05, 4.69) is 0 Å². The van der Waals surface area contributed by atoms with Crippen LogP contribution in [0.3, 0.4) is 0 Å². The molecule has 1 saturated carbocycles. The third-order valence-corrected chi connectivity index (χ3v) is 4.03. The highest BCUT2D eigenvalue weighted by molar-refractivity contribution is 7.87. The monoisotopic (exact) mass is 237 g/mol. The molecule has 1 amide bonds. The number of carbonyl (C=O) groups excluding carboxylic acids is 1. The zero-order valence-electron chi connectivity index (χ0n) is 7.87. The summed E-state index contributed by atoms with van der Waals surface area (Å²) in [5.74, 6) is -3.28. The van der Waals surface area contributed by atoms with E-state index in [4.69, 9.17) is 15.4 Å². The number of primary amides is 1. The summed E-state index contributed by atoms with van der Waals surface area (Å²) in [4.78, 5) is 21.8. The first kappa shape index (κ1) is 11.9. The van der Waals surface area contributed by atoms with E-state index in [0.717, 1.165) is 0 Å². The van der Waals surface area contributed by atoms with Gasteiger partial charge in [0.25, 0.3) is 10.1 Å². The molecular weight excluding hydrogens is 226 g/mol. The minimum atomic E-state index is -4.79. The topological polar surface area (TPSA) is 135 Å². The zero-order valence-corrected chi connectivity index (χ0v) is 8.69. The molecule has 0 bridgehead atoms. The van der Waals surface area contributed by atoms with Crippen molar-refractivity contribution in [2.75, 3.05) is 0 Å². The van der Waals surface area contributed by atoms with Gasteiger partial charge in [-0.05, 0) is 12.3 Å². The Bertz CT molecular complexity index is 415. The minimum Gasteiger partial charge on any atom is -0.481 e. The molecule has 0 heterocycles. The molecule has 1 aliphatic rings. The first-order valence-electron chi connectivity index (χ1n) is 4.13. The van der Waals surface area contributed by atoms with Crippen LogP contribution >= 0.6 is 0 Å². The standard InChI is InChI=1S/C7H11NO6S/c1-3-2-7(3,6(10)11)4(5(8)9)15(12,13)14/h3-4H,2H2,1H3,(H2,8,9)(H,10,11)(H,12,13,14). The van der Waals surface area contributed by atoms with Crippen molar-refractivity contribution >= 4 is 22.0 Å². The lowest BCUT2D eigenvalue weighted by Gasteiger charge is -2.18. The minimum absolute atomic E-state index is 0.00965. The summed E-state index contributed by atoms with van der Waals surface area (Å²) in [6.07, 6.45) is 0.00965. The molecule has 1 aliphatic carbocycles. The molecule has 0 radical (unpaired) electrons. The maximum absolute atomic E-state index is 10.9. The van der Waals surface area contributed by atoms with Crippen LogP contribution in [0.4, 0.5) is 0 Å². The van der Waals surface area contributed by atoms with E-state index in [1.807, 2.05) is 0 Å². The number of hydrogen-bond acceptors (Lipinski definition) is 4. The first-order chi connectivity index (χ1) is 6.64. The van der Waals surface area contributed by atoms with Gasteiger partial charge in [-0.3, -0.25) is 14.1 Å². The number of aliphatic carboxylic acids is 1. The van der Waals surface area contributed by atoms with Crippen molar-refractivity contribution < 1.29 is 27.7 Å². The van der Waals surface area contributed by atoms with E-state index in [0.29, 0.717) is 0 Å². The highest BCUT2D eigenvalue weighted by Crippen LogP contribution is 2.56. The average molecular weight is 237 g/mol. The lowest BCUT2D eigenvalue weighted by atomic mass is 9.99. The van der Waals surface area contributed by atoms with Gasteiger partial charge in [0.1, 0.15) is 0 Å². The number of carbonyl (C=O) groups is 2. The molecule has 15 heavy (non-hydrogen) atoms. The SMILES string of the molecule is CC1CC1(C(=O)O)C(C(N)=O)S(=O)(=O)O. The highest BCUT2D eigenvalue weighted by atomic mass is 32.2. The summed E-state index contributed by atoms with van der Waals surface area (Å²) < 4.78 is 30.6. The molecular formula is C7H11NO6S. The van der Waals surface area contributed by atoms with Crippen LogP contribution in [0.15, 0.2) is 0 Å².